The number of carbonyl (C=O) groups excluding carboxylic acids is 1. The van der Waals surface area contributed by atoms with Crippen LogP contribution < -0.4 is 14.8 Å². The van der Waals surface area contributed by atoms with Crippen molar-refractivity contribution in [3.8, 4) is 23.6 Å². The number of nitrogens with one attached hydrogen (secondary N) is 1. The summed E-state index contributed by atoms with van der Waals surface area (Å²) in [6.45, 7) is 1.49. The van der Waals surface area contributed by atoms with E-state index in [1.54, 1.807) is 18.2 Å². The van der Waals surface area contributed by atoms with Crippen molar-refractivity contribution in [3.05, 3.63) is 59.2 Å². The second-order valence-corrected chi connectivity index (χ2v) is 6.59. The van der Waals surface area contributed by atoms with E-state index in [4.69, 9.17) is 10.00 Å². The fraction of sp³-hybridized carbons (Fsp3) is 0.250. The zero-order valence-electron chi connectivity index (χ0n) is 15.1. The highest BCUT2D eigenvalue weighted by molar-refractivity contribution is 5.95. The molecule has 6 nitrogen and oxygen atoms in total. The Balaban J connectivity index is 1.73. The van der Waals surface area contributed by atoms with E-state index in [1.165, 1.54) is 6.92 Å². The summed E-state index contributed by atoms with van der Waals surface area (Å²) >= 11 is 0. The summed E-state index contributed by atoms with van der Waals surface area (Å²) in [4.78, 5) is 12.5. The molecule has 0 radical (unpaired) electrons. The minimum atomic E-state index is -4.83. The second-order valence-electron chi connectivity index (χ2n) is 6.59. The molecule has 2 aromatic rings. The molecule has 0 aromatic heterocycles. The Hall–Kier alpha value is -3.72. The fourth-order valence-corrected chi connectivity index (χ4v) is 2.94. The molecule has 2 atom stereocenters. The molecular formula is C20H14F3N3O3. The van der Waals surface area contributed by atoms with Gasteiger partial charge in [0.15, 0.2) is 5.54 Å². The van der Waals surface area contributed by atoms with E-state index in [1.807, 2.05) is 12.1 Å². The van der Waals surface area contributed by atoms with Gasteiger partial charge in [0.2, 0.25) is 0 Å². The molecule has 1 amide bonds. The van der Waals surface area contributed by atoms with Gasteiger partial charge in [0, 0.05) is 12.0 Å². The van der Waals surface area contributed by atoms with Crippen molar-refractivity contribution >= 4 is 5.91 Å². The maximum atomic E-state index is 12.5. The molecule has 1 heterocycles. The first-order chi connectivity index (χ1) is 13.6. The Morgan fingerprint density at radius 1 is 1.21 bits per heavy atom. The van der Waals surface area contributed by atoms with E-state index >= 15 is 0 Å². The molecule has 3 rings (SSSR count). The van der Waals surface area contributed by atoms with Gasteiger partial charge in [0.05, 0.1) is 17.7 Å². The van der Waals surface area contributed by atoms with Gasteiger partial charge in [0.1, 0.15) is 17.6 Å². The van der Waals surface area contributed by atoms with Gasteiger partial charge >= 0.3 is 6.36 Å². The Kier molecular flexibility index (Phi) is 5.08. The number of fused-ring (bicyclic) bond motifs is 1. The molecule has 0 saturated carbocycles. The summed E-state index contributed by atoms with van der Waals surface area (Å²) in [7, 11) is 0. The summed E-state index contributed by atoms with van der Waals surface area (Å²) < 4.78 is 46.2. The van der Waals surface area contributed by atoms with E-state index in [9.17, 15) is 23.2 Å². The molecule has 0 saturated heterocycles. The van der Waals surface area contributed by atoms with Gasteiger partial charge in [-0.25, -0.2) is 0 Å². The average molecular weight is 401 g/mol. The van der Waals surface area contributed by atoms with Crippen LogP contribution >= 0.6 is 0 Å². The van der Waals surface area contributed by atoms with Crippen LogP contribution in [0.1, 0.15) is 28.4 Å². The first-order valence-corrected chi connectivity index (χ1v) is 8.43. The number of nitrogens with zero attached hydrogens (tertiary/aromatic N) is 2. The van der Waals surface area contributed by atoms with Crippen LogP contribution in [0.3, 0.4) is 0 Å². The largest absolute Gasteiger partial charge is 0.573 e. The van der Waals surface area contributed by atoms with Crippen molar-refractivity contribution in [2.75, 3.05) is 0 Å². The van der Waals surface area contributed by atoms with Crippen LogP contribution in [0.2, 0.25) is 0 Å². The molecule has 9 heteroatoms. The monoisotopic (exact) mass is 401 g/mol. The molecule has 0 spiro atoms. The molecule has 148 valence electrons. The van der Waals surface area contributed by atoms with Crippen molar-refractivity contribution < 1.29 is 27.4 Å². The number of benzene rings is 2. The normalized spacial score (nSPS) is 17.1. The maximum Gasteiger partial charge on any atom is 0.573 e. The minimum Gasteiger partial charge on any atom is -0.486 e. The van der Waals surface area contributed by atoms with Crippen molar-refractivity contribution in [2.45, 2.75) is 31.3 Å². The van der Waals surface area contributed by atoms with Crippen LogP contribution in [0.25, 0.3) is 0 Å². The third kappa shape index (κ3) is 4.41. The predicted octanol–water partition coefficient (Wildman–Crippen LogP) is 3.47. The predicted molar refractivity (Wildman–Crippen MR) is 93.9 cm³/mol. The zero-order chi connectivity index (χ0) is 21.2. The van der Waals surface area contributed by atoms with Crippen molar-refractivity contribution in [1.82, 2.24) is 5.32 Å². The van der Waals surface area contributed by atoms with Crippen LogP contribution in [-0.4, -0.2) is 23.9 Å². The molecule has 2 aromatic carbocycles. The number of halogens is 3. The quantitative estimate of drug-likeness (QED) is 0.847. The lowest BCUT2D eigenvalue weighted by Crippen LogP contribution is -2.55. The van der Waals surface area contributed by atoms with Crippen LogP contribution in [0.5, 0.6) is 11.5 Å². The Labute approximate surface area is 164 Å². The van der Waals surface area contributed by atoms with Gasteiger partial charge in [-0.1, -0.05) is 0 Å². The third-order valence-electron chi connectivity index (χ3n) is 4.46. The smallest absolute Gasteiger partial charge is 0.486 e. The van der Waals surface area contributed by atoms with E-state index in [-0.39, 0.29) is 5.56 Å². The average Bonchev–Trinajstić information content (AvgIpc) is 3.11. The molecule has 29 heavy (non-hydrogen) atoms. The highest BCUT2D eigenvalue weighted by Crippen LogP contribution is 2.34. The highest BCUT2D eigenvalue weighted by Gasteiger charge is 2.42. The highest BCUT2D eigenvalue weighted by atomic mass is 19.4. The Bertz CT molecular complexity index is 1020. The Morgan fingerprint density at radius 3 is 2.48 bits per heavy atom. The Morgan fingerprint density at radius 2 is 1.90 bits per heavy atom. The molecule has 0 unspecified atom stereocenters. The fourth-order valence-electron chi connectivity index (χ4n) is 2.94. The van der Waals surface area contributed by atoms with Gasteiger partial charge in [0.25, 0.3) is 5.91 Å². The van der Waals surface area contributed by atoms with Gasteiger partial charge in [-0.3, -0.25) is 4.79 Å². The third-order valence-corrected chi connectivity index (χ3v) is 4.46. The summed E-state index contributed by atoms with van der Waals surface area (Å²) in [5.74, 6) is -0.580. The lowest BCUT2D eigenvalue weighted by Gasteiger charge is -2.29. The maximum absolute atomic E-state index is 12.5. The van der Waals surface area contributed by atoms with Gasteiger partial charge in [-0.15, -0.1) is 13.2 Å². The van der Waals surface area contributed by atoms with Gasteiger partial charge in [-0.05, 0) is 55.0 Å². The summed E-state index contributed by atoms with van der Waals surface area (Å²) in [5, 5.41) is 21.2. The number of hydrogen-bond acceptors (Lipinski definition) is 5. The lowest BCUT2D eigenvalue weighted by atomic mass is 9.92. The van der Waals surface area contributed by atoms with Crippen molar-refractivity contribution in [1.29, 1.82) is 10.5 Å². The number of hydrogen-bond donors (Lipinski definition) is 1. The molecule has 0 aliphatic carbocycles. The summed E-state index contributed by atoms with van der Waals surface area (Å²) in [6.07, 6.45) is -5.22. The standard InChI is InChI=1S/C20H14F3N3O3/c1-19(11-25,17-9-14-8-12(10-24)2-7-16(14)28-17)26-18(27)13-3-5-15(6-4-13)29-20(21,22)23/h2-8,17H,9H2,1H3,(H,26,27)/t17-,19+/m0/s1. The van der Waals surface area contributed by atoms with Crippen LogP contribution in [0.4, 0.5) is 13.2 Å². The molecule has 1 N–H and O–H groups in total. The van der Waals surface area contributed by atoms with Crippen molar-refractivity contribution in [2.24, 2.45) is 0 Å². The van der Waals surface area contributed by atoms with Crippen LogP contribution in [0, 0.1) is 22.7 Å². The number of amides is 1. The topological polar surface area (TPSA) is 95.1 Å². The van der Waals surface area contributed by atoms with E-state index in [0.717, 1.165) is 29.8 Å². The molecule has 1 aliphatic heterocycles. The number of nitriles is 2. The number of carbonyl (C=O) groups is 1. The van der Waals surface area contributed by atoms with Crippen molar-refractivity contribution in [3.63, 3.8) is 0 Å². The second kappa shape index (κ2) is 7.36. The van der Waals surface area contributed by atoms with Gasteiger partial charge in [-0.2, -0.15) is 10.5 Å². The first-order valence-electron chi connectivity index (χ1n) is 8.43. The van der Waals surface area contributed by atoms with E-state index in [0.29, 0.717) is 17.7 Å². The number of ether oxygens (including phenoxy) is 2. The van der Waals surface area contributed by atoms with Crippen LogP contribution in [-0.2, 0) is 6.42 Å². The molecular weight excluding hydrogens is 387 g/mol. The molecule has 0 fully saturated rings. The lowest BCUT2D eigenvalue weighted by molar-refractivity contribution is -0.274. The molecule has 1 aliphatic rings. The molecule has 0 bridgehead atoms. The van der Waals surface area contributed by atoms with Crippen LogP contribution in [0.15, 0.2) is 42.5 Å². The number of alkyl halides is 3. The first kappa shape index (κ1) is 20.0. The SMILES string of the molecule is C[C@](C#N)(NC(=O)c1ccc(OC(F)(F)F)cc1)[C@@H]1Cc2cc(C#N)ccc2O1. The van der Waals surface area contributed by atoms with Gasteiger partial charge < -0.3 is 14.8 Å². The zero-order valence-corrected chi connectivity index (χ0v) is 15.1. The summed E-state index contributed by atoms with van der Waals surface area (Å²) in [5.41, 5.74) is -0.150. The minimum absolute atomic E-state index is 0.0586. The van der Waals surface area contributed by atoms with E-state index in [2.05, 4.69) is 10.1 Å². The van der Waals surface area contributed by atoms with E-state index < -0.39 is 29.7 Å². The number of rotatable bonds is 4. The summed E-state index contributed by atoms with van der Waals surface area (Å²) in [6, 6.07) is 13.3.